The summed E-state index contributed by atoms with van der Waals surface area (Å²) >= 11 is 0. The third-order valence-electron chi connectivity index (χ3n) is 2.46. The fourth-order valence-electron chi connectivity index (χ4n) is 1.46. The van der Waals surface area contributed by atoms with Crippen LogP contribution in [0.25, 0.3) is 0 Å². The molecule has 0 radical (unpaired) electrons. The van der Waals surface area contributed by atoms with E-state index in [0.29, 0.717) is 30.2 Å². The number of carbonyl (C=O) groups excluding carboxylic acids is 2. The standard InChI is InChI=1S/C14H20N2O4/c1-3-7-16-13(17)9-20-12-8-10(5-6-11(12)15)14(18)19-4-2/h5-6,8H,3-4,7,9,15H2,1-2H3,(H,16,17). The van der Waals surface area contributed by atoms with Gasteiger partial charge in [-0.3, -0.25) is 4.79 Å². The van der Waals surface area contributed by atoms with Crippen LogP contribution in [0.3, 0.4) is 0 Å². The monoisotopic (exact) mass is 280 g/mol. The summed E-state index contributed by atoms with van der Waals surface area (Å²) in [5, 5.41) is 2.68. The van der Waals surface area contributed by atoms with Crippen LogP contribution in [0.4, 0.5) is 5.69 Å². The van der Waals surface area contributed by atoms with Gasteiger partial charge in [0.25, 0.3) is 5.91 Å². The Morgan fingerprint density at radius 2 is 2.05 bits per heavy atom. The van der Waals surface area contributed by atoms with Crippen molar-refractivity contribution in [3.8, 4) is 5.75 Å². The second kappa shape index (κ2) is 8.04. The number of nitrogens with one attached hydrogen (secondary N) is 1. The second-order valence-electron chi connectivity index (χ2n) is 4.11. The predicted molar refractivity (Wildman–Crippen MR) is 75.6 cm³/mol. The molecule has 0 saturated heterocycles. The van der Waals surface area contributed by atoms with E-state index >= 15 is 0 Å². The normalized spacial score (nSPS) is 9.90. The van der Waals surface area contributed by atoms with Crippen LogP contribution in [0.1, 0.15) is 30.6 Å². The van der Waals surface area contributed by atoms with Crippen molar-refractivity contribution in [2.75, 3.05) is 25.5 Å². The molecule has 0 atom stereocenters. The molecule has 6 heteroatoms. The lowest BCUT2D eigenvalue weighted by Crippen LogP contribution is -2.29. The zero-order valence-corrected chi connectivity index (χ0v) is 11.8. The number of rotatable bonds is 7. The van der Waals surface area contributed by atoms with Gasteiger partial charge < -0.3 is 20.5 Å². The van der Waals surface area contributed by atoms with Crippen molar-refractivity contribution < 1.29 is 19.1 Å². The van der Waals surface area contributed by atoms with Crippen LogP contribution in [0.15, 0.2) is 18.2 Å². The number of anilines is 1. The Bertz CT molecular complexity index is 474. The van der Waals surface area contributed by atoms with E-state index in [0.717, 1.165) is 6.42 Å². The summed E-state index contributed by atoms with van der Waals surface area (Å²) in [5.41, 5.74) is 6.44. The Morgan fingerprint density at radius 1 is 1.30 bits per heavy atom. The maximum atomic E-state index is 11.6. The van der Waals surface area contributed by atoms with Crippen molar-refractivity contribution in [1.82, 2.24) is 5.32 Å². The van der Waals surface area contributed by atoms with E-state index in [1.807, 2.05) is 6.92 Å². The molecule has 0 fully saturated rings. The molecular weight excluding hydrogens is 260 g/mol. The van der Waals surface area contributed by atoms with Gasteiger partial charge >= 0.3 is 5.97 Å². The van der Waals surface area contributed by atoms with Crippen molar-refractivity contribution in [1.29, 1.82) is 0 Å². The van der Waals surface area contributed by atoms with E-state index in [2.05, 4.69) is 5.32 Å². The Hall–Kier alpha value is -2.24. The van der Waals surface area contributed by atoms with Crippen molar-refractivity contribution in [2.45, 2.75) is 20.3 Å². The number of ether oxygens (including phenoxy) is 2. The second-order valence-corrected chi connectivity index (χ2v) is 4.11. The minimum Gasteiger partial charge on any atom is -0.482 e. The highest BCUT2D eigenvalue weighted by Gasteiger charge is 2.11. The maximum Gasteiger partial charge on any atom is 0.338 e. The van der Waals surface area contributed by atoms with Gasteiger partial charge in [0.05, 0.1) is 17.9 Å². The lowest BCUT2D eigenvalue weighted by atomic mass is 10.2. The highest BCUT2D eigenvalue weighted by molar-refractivity contribution is 5.90. The van der Waals surface area contributed by atoms with E-state index in [4.69, 9.17) is 15.2 Å². The molecule has 0 aliphatic heterocycles. The first-order valence-electron chi connectivity index (χ1n) is 6.54. The van der Waals surface area contributed by atoms with Crippen LogP contribution in [0.5, 0.6) is 5.75 Å². The topological polar surface area (TPSA) is 90.6 Å². The molecule has 1 rings (SSSR count). The average molecular weight is 280 g/mol. The van der Waals surface area contributed by atoms with Crippen molar-refractivity contribution in [3.05, 3.63) is 23.8 Å². The molecule has 0 unspecified atom stereocenters. The highest BCUT2D eigenvalue weighted by atomic mass is 16.5. The lowest BCUT2D eigenvalue weighted by molar-refractivity contribution is -0.123. The number of nitrogens with two attached hydrogens (primary N) is 1. The van der Waals surface area contributed by atoms with Gasteiger partial charge in [0.2, 0.25) is 0 Å². The van der Waals surface area contributed by atoms with E-state index in [9.17, 15) is 9.59 Å². The number of amides is 1. The third kappa shape index (κ3) is 4.79. The molecule has 1 amide bonds. The number of benzene rings is 1. The van der Waals surface area contributed by atoms with Crippen LogP contribution >= 0.6 is 0 Å². The summed E-state index contributed by atoms with van der Waals surface area (Å²) in [6.07, 6.45) is 0.853. The van der Waals surface area contributed by atoms with Crippen LogP contribution in [-0.2, 0) is 9.53 Å². The summed E-state index contributed by atoms with van der Waals surface area (Å²) in [5.74, 6) is -0.386. The van der Waals surface area contributed by atoms with Gasteiger partial charge in [-0.2, -0.15) is 0 Å². The minimum atomic E-state index is -0.451. The highest BCUT2D eigenvalue weighted by Crippen LogP contribution is 2.23. The molecule has 6 nitrogen and oxygen atoms in total. The molecule has 110 valence electrons. The predicted octanol–water partition coefficient (Wildman–Crippen LogP) is 1.35. The SMILES string of the molecule is CCCNC(=O)COc1cc(C(=O)OCC)ccc1N. The Morgan fingerprint density at radius 3 is 2.70 bits per heavy atom. The zero-order valence-electron chi connectivity index (χ0n) is 11.8. The quantitative estimate of drug-likeness (QED) is 0.581. The van der Waals surface area contributed by atoms with E-state index < -0.39 is 5.97 Å². The van der Waals surface area contributed by atoms with E-state index in [1.54, 1.807) is 19.1 Å². The maximum absolute atomic E-state index is 11.6. The molecule has 0 aliphatic rings. The van der Waals surface area contributed by atoms with Crippen molar-refractivity contribution in [2.24, 2.45) is 0 Å². The van der Waals surface area contributed by atoms with Crippen molar-refractivity contribution >= 4 is 17.6 Å². The van der Waals surface area contributed by atoms with E-state index in [1.165, 1.54) is 6.07 Å². The van der Waals surface area contributed by atoms with Crippen LogP contribution in [-0.4, -0.2) is 31.6 Å². The van der Waals surface area contributed by atoms with Gasteiger partial charge in [-0.1, -0.05) is 6.92 Å². The molecule has 0 saturated carbocycles. The zero-order chi connectivity index (χ0) is 15.0. The molecule has 0 bridgehead atoms. The number of hydrogen-bond acceptors (Lipinski definition) is 5. The largest absolute Gasteiger partial charge is 0.482 e. The fourth-order valence-corrected chi connectivity index (χ4v) is 1.46. The molecule has 20 heavy (non-hydrogen) atoms. The van der Waals surface area contributed by atoms with Gasteiger partial charge in [0.1, 0.15) is 5.75 Å². The van der Waals surface area contributed by atoms with Crippen molar-refractivity contribution in [3.63, 3.8) is 0 Å². The molecule has 1 aromatic rings. The van der Waals surface area contributed by atoms with Gasteiger partial charge in [0.15, 0.2) is 6.61 Å². The van der Waals surface area contributed by atoms with Crippen LogP contribution < -0.4 is 15.8 Å². The minimum absolute atomic E-state index is 0.142. The summed E-state index contributed by atoms with van der Waals surface area (Å²) in [6.45, 7) is 4.43. The summed E-state index contributed by atoms with van der Waals surface area (Å²) in [6, 6.07) is 4.57. The molecular formula is C14H20N2O4. The summed E-state index contributed by atoms with van der Waals surface area (Å²) in [7, 11) is 0. The Kier molecular flexibility index (Phi) is 6.36. The first-order chi connectivity index (χ1) is 9.58. The lowest BCUT2D eigenvalue weighted by Gasteiger charge is -2.10. The van der Waals surface area contributed by atoms with Crippen LogP contribution in [0, 0.1) is 0 Å². The first-order valence-corrected chi connectivity index (χ1v) is 6.54. The Balaban J connectivity index is 2.67. The molecule has 0 spiro atoms. The smallest absolute Gasteiger partial charge is 0.338 e. The molecule has 0 aliphatic carbocycles. The summed E-state index contributed by atoms with van der Waals surface area (Å²) in [4.78, 5) is 23.0. The van der Waals surface area contributed by atoms with E-state index in [-0.39, 0.29) is 12.5 Å². The van der Waals surface area contributed by atoms with Gasteiger partial charge in [-0.05, 0) is 31.5 Å². The third-order valence-corrected chi connectivity index (χ3v) is 2.46. The summed E-state index contributed by atoms with van der Waals surface area (Å²) < 4.78 is 10.2. The molecule has 0 aromatic heterocycles. The van der Waals surface area contributed by atoms with Gasteiger partial charge in [-0.15, -0.1) is 0 Å². The average Bonchev–Trinajstić information content (AvgIpc) is 2.44. The number of carbonyl (C=O) groups is 2. The molecule has 1 aromatic carbocycles. The number of esters is 1. The Labute approximate surface area is 118 Å². The van der Waals surface area contributed by atoms with Gasteiger partial charge in [0, 0.05) is 6.54 Å². The van der Waals surface area contributed by atoms with Gasteiger partial charge in [-0.25, -0.2) is 4.79 Å². The fraction of sp³-hybridized carbons (Fsp3) is 0.429. The molecule has 0 heterocycles. The van der Waals surface area contributed by atoms with Crippen LogP contribution in [0.2, 0.25) is 0 Å². The number of hydrogen-bond donors (Lipinski definition) is 2. The molecule has 3 N–H and O–H groups in total. The number of nitrogen functional groups attached to an aromatic ring is 1. The first kappa shape index (κ1) is 15.8.